The van der Waals surface area contributed by atoms with Crippen molar-refractivity contribution in [2.75, 3.05) is 26.7 Å². The first-order valence-electron chi connectivity index (χ1n) is 5.88. The zero-order chi connectivity index (χ0) is 12.3. The van der Waals surface area contributed by atoms with E-state index in [4.69, 9.17) is 16.3 Å². The summed E-state index contributed by atoms with van der Waals surface area (Å²) in [5.74, 6) is 0. The Labute approximate surface area is 107 Å². The lowest BCUT2D eigenvalue weighted by molar-refractivity contribution is -0.0823. The number of ether oxygens (including phenoxy) is 1. The first kappa shape index (κ1) is 12.8. The second-order valence-electron chi connectivity index (χ2n) is 4.53. The molecule has 0 aliphatic carbocycles. The van der Waals surface area contributed by atoms with E-state index >= 15 is 0 Å². The van der Waals surface area contributed by atoms with Crippen LogP contribution < -0.4 is 0 Å². The van der Waals surface area contributed by atoms with Gasteiger partial charge < -0.3 is 14.7 Å². The Bertz CT molecular complexity index is 372. The Morgan fingerprint density at radius 2 is 2.29 bits per heavy atom. The molecular formula is C13H18ClNO2. The van der Waals surface area contributed by atoms with Gasteiger partial charge in [-0.2, -0.15) is 0 Å². The summed E-state index contributed by atoms with van der Waals surface area (Å²) >= 11 is 6.07. The van der Waals surface area contributed by atoms with Gasteiger partial charge in [-0.25, -0.2) is 0 Å². The lowest BCUT2D eigenvalue weighted by atomic mass is 10.0. The summed E-state index contributed by atoms with van der Waals surface area (Å²) < 4.78 is 5.59. The van der Waals surface area contributed by atoms with Gasteiger partial charge >= 0.3 is 0 Å². The number of aliphatic hydroxyl groups is 1. The van der Waals surface area contributed by atoms with E-state index in [9.17, 15) is 5.11 Å². The molecule has 1 fully saturated rings. The maximum absolute atomic E-state index is 10.2. The molecule has 1 N–H and O–H groups in total. The molecule has 2 rings (SSSR count). The van der Waals surface area contributed by atoms with Crippen molar-refractivity contribution in [1.82, 2.24) is 4.90 Å². The third kappa shape index (κ3) is 3.42. The Morgan fingerprint density at radius 3 is 3.00 bits per heavy atom. The predicted molar refractivity (Wildman–Crippen MR) is 68.4 cm³/mol. The van der Waals surface area contributed by atoms with Gasteiger partial charge in [-0.15, -0.1) is 0 Å². The van der Waals surface area contributed by atoms with Crippen molar-refractivity contribution in [1.29, 1.82) is 0 Å². The third-order valence-corrected chi connectivity index (χ3v) is 3.48. The van der Waals surface area contributed by atoms with E-state index in [0.29, 0.717) is 18.1 Å². The molecule has 17 heavy (non-hydrogen) atoms. The molecule has 1 aromatic rings. The van der Waals surface area contributed by atoms with E-state index < -0.39 is 6.10 Å². The molecule has 0 aromatic heterocycles. The highest BCUT2D eigenvalue weighted by Crippen LogP contribution is 2.19. The average molecular weight is 256 g/mol. The molecule has 1 aliphatic heterocycles. The molecule has 0 spiro atoms. The van der Waals surface area contributed by atoms with Crippen LogP contribution in [0.1, 0.15) is 5.56 Å². The van der Waals surface area contributed by atoms with Crippen LogP contribution in [0.2, 0.25) is 5.02 Å². The Morgan fingerprint density at radius 1 is 1.53 bits per heavy atom. The van der Waals surface area contributed by atoms with Crippen LogP contribution in [0.5, 0.6) is 0 Å². The number of aliphatic hydroxyl groups excluding tert-OH is 1. The van der Waals surface area contributed by atoms with Crippen molar-refractivity contribution in [3.05, 3.63) is 34.9 Å². The summed E-state index contributed by atoms with van der Waals surface area (Å²) in [4.78, 5) is 2.17. The minimum Gasteiger partial charge on any atom is -0.390 e. The molecule has 3 nitrogen and oxygen atoms in total. The SMILES string of the molecule is CN1CCOC(C(O)Cc2ccccc2Cl)C1. The van der Waals surface area contributed by atoms with Crippen LogP contribution in [0, 0.1) is 0 Å². The van der Waals surface area contributed by atoms with Gasteiger partial charge in [0.15, 0.2) is 0 Å². The van der Waals surface area contributed by atoms with Gasteiger partial charge in [0.25, 0.3) is 0 Å². The molecule has 0 saturated carbocycles. The van der Waals surface area contributed by atoms with Crippen LogP contribution >= 0.6 is 11.6 Å². The van der Waals surface area contributed by atoms with E-state index in [1.807, 2.05) is 31.3 Å². The van der Waals surface area contributed by atoms with Gasteiger partial charge in [-0.3, -0.25) is 0 Å². The van der Waals surface area contributed by atoms with Crippen LogP contribution in [0.4, 0.5) is 0 Å². The van der Waals surface area contributed by atoms with Crippen molar-refractivity contribution < 1.29 is 9.84 Å². The first-order chi connectivity index (χ1) is 8.16. The van der Waals surface area contributed by atoms with Gasteiger partial charge in [0.1, 0.15) is 0 Å². The standard InChI is InChI=1S/C13H18ClNO2/c1-15-6-7-17-13(9-15)12(16)8-10-4-2-3-5-11(10)14/h2-5,12-13,16H,6-9H2,1H3. The molecule has 1 aromatic carbocycles. The van der Waals surface area contributed by atoms with Crippen molar-refractivity contribution in [3.63, 3.8) is 0 Å². The van der Waals surface area contributed by atoms with Crippen LogP contribution in [0.3, 0.4) is 0 Å². The van der Waals surface area contributed by atoms with Crippen LogP contribution in [-0.2, 0) is 11.2 Å². The summed E-state index contributed by atoms with van der Waals surface area (Å²) in [7, 11) is 2.04. The predicted octanol–water partition coefficient (Wildman–Crippen LogP) is 1.57. The fourth-order valence-electron chi connectivity index (χ4n) is 2.06. The molecule has 0 radical (unpaired) electrons. The Hall–Kier alpha value is -0.610. The molecule has 94 valence electrons. The molecule has 2 atom stereocenters. The maximum atomic E-state index is 10.2. The molecule has 0 bridgehead atoms. The highest BCUT2D eigenvalue weighted by Gasteiger charge is 2.25. The third-order valence-electron chi connectivity index (χ3n) is 3.11. The fourth-order valence-corrected chi connectivity index (χ4v) is 2.28. The number of rotatable bonds is 3. The Balaban J connectivity index is 1.96. The van der Waals surface area contributed by atoms with E-state index in [-0.39, 0.29) is 6.10 Å². The maximum Gasteiger partial charge on any atom is 0.0964 e. The molecule has 1 saturated heterocycles. The number of morpholine rings is 1. The van der Waals surface area contributed by atoms with Gasteiger partial charge in [0, 0.05) is 24.5 Å². The first-order valence-corrected chi connectivity index (χ1v) is 6.26. The normalized spacial score (nSPS) is 23.6. The second-order valence-corrected chi connectivity index (χ2v) is 4.94. The zero-order valence-corrected chi connectivity index (χ0v) is 10.7. The highest BCUT2D eigenvalue weighted by molar-refractivity contribution is 6.31. The lowest BCUT2D eigenvalue weighted by Crippen LogP contribution is -2.46. The van der Waals surface area contributed by atoms with Gasteiger partial charge in [0.2, 0.25) is 0 Å². The molecule has 0 amide bonds. The van der Waals surface area contributed by atoms with Crippen LogP contribution in [0.25, 0.3) is 0 Å². The number of hydrogen-bond donors (Lipinski definition) is 1. The molecular weight excluding hydrogens is 238 g/mol. The number of benzene rings is 1. The summed E-state index contributed by atoms with van der Waals surface area (Å²) in [6, 6.07) is 7.61. The minimum absolute atomic E-state index is 0.120. The van der Waals surface area contributed by atoms with Crippen LogP contribution in [0.15, 0.2) is 24.3 Å². The number of likely N-dealkylation sites (N-methyl/N-ethyl adjacent to an activating group) is 1. The summed E-state index contributed by atoms with van der Waals surface area (Å²) in [6.45, 7) is 2.38. The number of nitrogens with zero attached hydrogens (tertiary/aromatic N) is 1. The van der Waals surface area contributed by atoms with Crippen molar-refractivity contribution in [2.24, 2.45) is 0 Å². The van der Waals surface area contributed by atoms with Crippen LogP contribution in [-0.4, -0.2) is 49.0 Å². The van der Waals surface area contributed by atoms with E-state index in [1.165, 1.54) is 0 Å². The largest absolute Gasteiger partial charge is 0.390 e. The molecule has 1 heterocycles. The fraction of sp³-hybridized carbons (Fsp3) is 0.538. The second kappa shape index (κ2) is 5.83. The molecule has 1 aliphatic rings. The lowest BCUT2D eigenvalue weighted by Gasteiger charge is -2.33. The topological polar surface area (TPSA) is 32.7 Å². The smallest absolute Gasteiger partial charge is 0.0964 e. The minimum atomic E-state index is -0.502. The van der Waals surface area contributed by atoms with Crippen molar-refractivity contribution >= 4 is 11.6 Å². The Kier molecular flexibility index (Phi) is 4.40. The van der Waals surface area contributed by atoms with Gasteiger partial charge in [0.05, 0.1) is 18.8 Å². The molecule has 2 unspecified atom stereocenters. The summed E-state index contributed by atoms with van der Waals surface area (Å²) in [5, 5.41) is 10.9. The van der Waals surface area contributed by atoms with E-state index in [2.05, 4.69) is 4.90 Å². The quantitative estimate of drug-likeness (QED) is 0.890. The van der Waals surface area contributed by atoms with Crippen molar-refractivity contribution in [3.8, 4) is 0 Å². The van der Waals surface area contributed by atoms with Gasteiger partial charge in [-0.1, -0.05) is 29.8 Å². The summed E-state index contributed by atoms with van der Waals surface area (Å²) in [5.41, 5.74) is 0.971. The van der Waals surface area contributed by atoms with Crippen molar-refractivity contribution in [2.45, 2.75) is 18.6 Å². The van der Waals surface area contributed by atoms with Gasteiger partial charge in [-0.05, 0) is 18.7 Å². The highest BCUT2D eigenvalue weighted by atomic mass is 35.5. The monoisotopic (exact) mass is 255 g/mol. The molecule has 4 heteroatoms. The zero-order valence-electron chi connectivity index (χ0n) is 9.97. The summed E-state index contributed by atoms with van der Waals surface area (Å²) in [6.07, 6.45) is -0.0827. The number of halogens is 1. The van der Waals surface area contributed by atoms with E-state index in [0.717, 1.165) is 18.7 Å². The van der Waals surface area contributed by atoms with E-state index in [1.54, 1.807) is 0 Å². The average Bonchev–Trinajstić information content (AvgIpc) is 2.32. The number of hydrogen-bond acceptors (Lipinski definition) is 3.